The van der Waals surface area contributed by atoms with Crippen LogP contribution in [0.4, 0.5) is 8.78 Å². The van der Waals surface area contributed by atoms with Gasteiger partial charge >= 0.3 is 0 Å². The summed E-state index contributed by atoms with van der Waals surface area (Å²) < 4.78 is 26.6. The second-order valence-electron chi connectivity index (χ2n) is 5.38. The Kier molecular flexibility index (Phi) is 4.33. The summed E-state index contributed by atoms with van der Waals surface area (Å²) in [4.78, 5) is 0. The summed E-state index contributed by atoms with van der Waals surface area (Å²) in [5.74, 6) is -0.368. The van der Waals surface area contributed by atoms with Crippen molar-refractivity contribution < 1.29 is 8.78 Å². The summed E-state index contributed by atoms with van der Waals surface area (Å²) in [7, 11) is 0. The molecule has 0 heterocycles. The Balaban J connectivity index is 2.14. The van der Waals surface area contributed by atoms with Gasteiger partial charge in [-0.15, -0.1) is 0 Å². The molecule has 0 aromatic heterocycles. The molecule has 0 radical (unpaired) electrons. The molecule has 1 N–H and O–H groups in total. The van der Waals surface area contributed by atoms with Crippen LogP contribution >= 0.6 is 0 Å². The van der Waals surface area contributed by atoms with Crippen molar-refractivity contribution in [2.45, 2.75) is 45.1 Å². The van der Waals surface area contributed by atoms with E-state index in [1.165, 1.54) is 25.0 Å². The fourth-order valence-electron chi connectivity index (χ4n) is 2.30. The van der Waals surface area contributed by atoms with E-state index in [1.54, 1.807) is 0 Å². The highest BCUT2D eigenvalue weighted by Crippen LogP contribution is 2.29. The lowest BCUT2D eigenvalue weighted by molar-refractivity contribution is 0.416. The van der Waals surface area contributed by atoms with Crippen molar-refractivity contribution >= 4 is 0 Å². The fraction of sp³-hybridized carbons (Fsp3) is 0.600. The molecule has 1 aromatic carbocycles. The van der Waals surface area contributed by atoms with Crippen molar-refractivity contribution in [3.63, 3.8) is 0 Å². The summed E-state index contributed by atoms with van der Waals surface area (Å²) in [5.41, 5.74) is 0.773. The van der Waals surface area contributed by atoms with E-state index in [0.717, 1.165) is 24.6 Å². The van der Waals surface area contributed by atoms with Crippen molar-refractivity contribution in [3.05, 3.63) is 35.4 Å². The maximum Gasteiger partial charge on any atom is 0.126 e. The summed E-state index contributed by atoms with van der Waals surface area (Å²) in [5, 5.41) is 3.46. The second kappa shape index (κ2) is 5.79. The smallest absolute Gasteiger partial charge is 0.126 e. The van der Waals surface area contributed by atoms with E-state index in [0.29, 0.717) is 12.0 Å². The highest BCUT2D eigenvalue weighted by molar-refractivity contribution is 5.23. The number of benzene rings is 1. The zero-order valence-electron chi connectivity index (χ0n) is 11.0. The van der Waals surface area contributed by atoms with Crippen molar-refractivity contribution in [2.75, 3.05) is 6.54 Å². The third kappa shape index (κ3) is 3.52. The van der Waals surface area contributed by atoms with Crippen LogP contribution in [0, 0.1) is 17.6 Å². The topological polar surface area (TPSA) is 12.0 Å². The molecule has 0 aliphatic heterocycles. The van der Waals surface area contributed by atoms with Gasteiger partial charge in [0.2, 0.25) is 0 Å². The molecule has 1 aliphatic rings. The molecule has 1 fully saturated rings. The lowest BCUT2D eigenvalue weighted by Crippen LogP contribution is -2.27. The maximum atomic E-state index is 13.3. The van der Waals surface area contributed by atoms with Crippen LogP contribution in [0.5, 0.6) is 0 Å². The van der Waals surface area contributed by atoms with Crippen LogP contribution in [0.3, 0.4) is 0 Å². The molecular formula is C15H21F2N. The van der Waals surface area contributed by atoms with E-state index in [9.17, 15) is 8.78 Å². The fourth-order valence-corrected chi connectivity index (χ4v) is 2.30. The van der Waals surface area contributed by atoms with E-state index in [1.807, 2.05) is 0 Å². The van der Waals surface area contributed by atoms with E-state index >= 15 is 0 Å². The lowest BCUT2D eigenvalue weighted by Gasteiger charge is -2.24. The third-order valence-corrected chi connectivity index (χ3v) is 3.85. The molecule has 2 rings (SSSR count). The Morgan fingerprint density at radius 2 is 1.83 bits per heavy atom. The standard InChI is InChI=1S/C15H21F2N/c1-3-10(2)15(9-18-14-4-5-14)11-6-12(16)8-13(17)7-11/h6-8,10,14-15,18H,3-5,9H2,1-2H3. The van der Waals surface area contributed by atoms with Gasteiger partial charge in [0.1, 0.15) is 11.6 Å². The highest BCUT2D eigenvalue weighted by Gasteiger charge is 2.25. The first kappa shape index (κ1) is 13.5. The van der Waals surface area contributed by atoms with Gasteiger partial charge in [-0.1, -0.05) is 20.3 Å². The minimum atomic E-state index is -0.482. The quantitative estimate of drug-likeness (QED) is 0.812. The van der Waals surface area contributed by atoms with Crippen LogP contribution in [0.2, 0.25) is 0 Å². The molecule has 0 spiro atoms. The van der Waals surface area contributed by atoms with Crippen molar-refractivity contribution in [1.82, 2.24) is 5.32 Å². The first-order valence-corrected chi connectivity index (χ1v) is 6.79. The van der Waals surface area contributed by atoms with Crippen molar-refractivity contribution in [3.8, 4) is 0 Å². The second-order valence-corrected chi connectivity index (χ2v) is 5.38. The minimum Gasteiger partial charge on any atom is -0.313 e. The van der Waals surface area contributed by atoms with Gasteiger partial charge in [-0.05, 0) is 42.4 Å². The van der Waals surface area contributed by atoms with Gasteiger partial charge in [-0.25, -0.2) is 8.78 Å². The van der Waals surface area contributed by atoms with Crippen LogP contribution in [0.1, 0.15) is 44.6 Å². The first-order chi connectivity index (χ1) is 8.60. The zero-order valence-corrected chi connectivity index (χ0v) is 11.0. The molecule has 1 saturated carbocycles. The molecule has 0 amide bonds. The molecule has 2 unspecified atom stereocenters. The molecule has 0 saturated heterocycles. The maximum absolute atomic E-state index is 13.3. The molecule has 18 heavy (non-hydrogen) atoms. The molecule has 3 heteroatoms. The third-order valence-electron chi connectivity index (χ3n) is 3.85. The van der Waals surface area contributed by atoms with Gasteiger partial charge in [0.25, 0.3) is 0 Å². The monoisotopic (exact) mass is 253 g/mol. The Bertz CT molecular complexity index is 381. The van der Waals surface area contributed by atoms with E-state index in [-0.39, 0.29) is 5.92 Å². The molecule has 100 valence electrons. The zero-order chi connectivity index (χ0) is 13.1. The minimum absolute atomic E-state index is 0.181. The number of halogens is 2. The number of nitrogens with one attached hydrogen (secondary N) is 1. The van der Waals surface area contributed by atoms with Crippen LogP contribution in [0.25, 0.3) is 0 Å². The first-order valence-electron chi connectivity index (χ1n) is 6.79. The Morgan fingerprint density at radius 3 is 2.33 bits per heavy atom. The van der Waals surface area contributed by atoms with Gasteiger partial charge in [0.05, 0.1) is 0 Å². The largest absolute Gasteiger partial charge is 0.313 e. The molecule has 2 atom stereocenters. The summed E-state index contributed by atoms with van der Waals surface area (Å²) >= 11 is 0. The van der Waals surface area contributed by atoms with Crippen molar-refractivity contribution in [1.29, 1.82) is 0 Å². The van der Waals surface area contributed by atoms with Crippen LogP contribution in [-0.4, -0.2) is 12.6 Å². The summed E-state index contributed by atoms with van der Waals surface area (Å²) in [6, 6.07) is 4.49. The van der Waals surface area contributed by atoms with Gasteiger partial charge < -0.3 is 5.32 Å². The molecule has 0 bridgehead atoms. The molecular weight excluding hydrogens is 232 g/mol. The van der Waals surface area contributed by atoms with E-state index in [2.05, 4.69) is 19.2 Å². The van der Waals surface area contributed by atoms with Gasteiger partial charge in [-0.3, -0.25) is 0 Å². The average Bonchev–Trinajstić information content (AvgIpc) is 3.11. The average molecular weight is 253 g/mol. The van der Waals surface area contributed by atoms with Gasteiger partial charge in [-0.2, -0.15) is 0 Å². The number of rotatable bonds is 6. The SMILES string of the molecule is CCC(C)C(CNC1CC1)c1cc(F)cc(F)c1. The van der Waals surface area contributed by atoms with Gasteiger partial charge in [0, 0.05) is 18.7 Å². The Hall–Kier alpha value is -0.960. The van der Waals surface area contributed by atoms with Gasteiger partial charge in [0.15, 0.2) is 0 Å². The number of hydrogen-bond acceptors (Lipinski definition) is 1. The summed E-state index contributed by atoms with van der Waals surface area (Å²) in [6.07, 6.45) is 3.46. The predicted molar refractivity (Wildman–Crippen MR) is 69.6 cm³/mol. The predicted octanol–water partition coefficient (Wildman–Crippen LogP) is 3.85. The van der Waals surface area contributed by atoms with Crippen LogP contribution in [-0.2, 0) is 0 Å². The lowest BCUT2D eigenvalue weighted by atomic mass is 9.85. The van der Waals surface area contributed by atoms with Crippen LogP contribution < -0.4 is 5.32 Å². The molecule has 1 nitrogen and oxygen atoms in total. The summed E-state index contributed by atoms with van der Waals surface area (Å²) in [6.45, 7) is 5.06. The van der Waals surface area contributed by atoms with Crippen LogP contribution in [0.15, 0.2) is 18.2 Å². The normalized spacial score (nSPS) is 18.7. The van der Waals surface area contributed by atoms with E-state index in [4.69, 9.17) is 0 Å². The Labute approximate surface area is 108 Å². The highest BCUT2D eigenvalue weighted by atomic mass is 19.1. The van der Waals surface area contributed by atoms with E-state index < -0.39 is 11.6 Å². The Morgan fingerprint density at radius 1 is 1.22 bits per heavy atom. The molecule has 1 aliphatic carbocycles. The van der Waals surface area contributed by atoms with Crippen molar-refractivity contribution in [2.24, 2.45) is 5.92 Å². The number of hydrogen-bond donors (Lipinski definition) is 1. The molecule has 1 aromatic rings.